The van der Waals surface area contributed by atoms with Crippen molar-refractivity contribution in [3.63, 3.8) is 0 Å². The Bertz CT molecular complexity index is 12.8. The molecule has 0 nitrogen and oxygen atoms in total. The van der Waals surface area contributed by atoms with Crippen molar-refractivity contribution >= 4 is 32.1 Å². The molecule has 22 valence electrons. The second-order valence-corrected chi connectivity index (χ2v) is 1.70. The molecule has 0 bridgehead atoms. The highest BCUT2D eigenvalue weighted by Gasteiger charge is 1.72. The van der Waals surface area contributed by atoms with Gasteiger partial charge in [0, 0.05) is 4.61 Å². The Balaban J connectivity index is 2.32. The fourth-order valence-corrected chi connectivity index (χ4v) is 0. The maximum absolute atomic E-state index is 4.92. The van der Waals surface area contributed by atoms with Crippen molar-refractivity contribution in [1.29, 1.82) is 0 Å². The highest BCUT2D eigenvalue weighted by atomic mass is 35.5. The molecule has 2 radical (unpaired) electrons. The van der Waals surface area contributed by atoms with Gasteiger partial charge in [-0.3, -0.25) is 0 Å². The van der Waals surface area contributed by atoms with E-state index in [0.717, 1.165) is 0 Å². The minimum Gasteiger partial charge on any atom is -0.170 e. The van der Waals surface area contributed by atoms with Crippen molar-refractivity contribution in [3.05, 3.63) is 0 Å². The second kappa shape index (κ2) is 1.97. The summed E-state index contributed by atoms with van der Waals surface area (Å²) >= 11 is 8.43. The molecule has 3 heteroatoms. The lowest BCUT2D eigenvalue weighted by molar-refractivity contribution is 2.02. The summed E-state index contributed by atoms with van der Waals surface area (Å²) in [6, 6.07) is 0. The van der Waals surface area contributed by atoms with Crippen LogP contribution in [0.5, 0.6) is 0 Å². The van der Waals surface area contributed by atoms with Gasteiger partial charge in [-0.05, 0) is 0 Å². The van der Waals surface area contributed by atoms with Crippen molar-refractivity contribution in [1.82, 2.24) is 0 Å². The zero-order valence-corrected chi connectivity index (χ0v) is 3.63. The summed E-state index contributed by atoms with van der Waals surface area (Å²) in [4.78, 5) is 0. The van der Waals surface area contributed by atoms with Crippen LogP contribution in [0.1, 0.15) is 0 Å². The fourth-order valence-electron chi connectivity index (χ4n) is 0. The van der Waals surface area contributed by atoms with E-state index in [-0.39, 0.29) is 0 Å². The van der Waals surface area contributed by atoms with E-state index >= 15 is 0 Å². The average Bonchev–Trinajstić information content (AvgIpc) is 0.811. The Labute approximate surface area is 37.3 Å². The summed E-state index contributed by atoms with van der Waals surface area (Å²) < 4.78 is -0.500. The van der Waals surface area contributed by atoms with Crippen molar-refractivity contribution in [3.8, 4) is 0 Å². The lowest BCUT2D eigenvalue weighted by Crippen LogP contribution is -1.76. The first-order valence-electron chi connectivity index (χ1n) is 0.810. The zero-order valence-electron chi connectivity index (χ0n) is 1.98. The van der Waals surface area contributed by atoms with E-state index in [4.69, 9.17) is 19.4 Å². The Morgan fingerprint density at radius 1 is 2.00 bits per heavy atom. The van der Waals surface area contributed by atoms with Crippen LogP contribution in [0.4, 0.5) is 0 Å². The molecule has 0 aromatic heterocycles. The first-order chi connectivity index (χ1) is 1.73. The number of halogens is 1. The molecular formula is CH2BClS. The molecule has 0 amide bonds. The number of hydrogen-bond donors (Lipinski definition) is 1. The van der Waals surface area contributed by atoms with Crippen LogP contribution < -0.4 is 0 Å². The van der Waals surface area contributed by atoms with E-state index in [1.54, 1.807) is 0 Å². The van der Waals surface area contributed by atoms with Gasteiger partial charge >= 0.3 is 0 Å². The Morgan fingerprint density at radius 2 is 2.00 bits per heavy atom. The molecule has 1 atom stereocenters. The first kappa shape index (κ1) is 4.70. The number of rotatable bonds is 0. The predicted octanol–water partition coefficient (Wildman–Crippen LogP) is 0.607. The van der Waals surface area contributed by atoms with Gasteiger partial charge in [-0.2, -0.15) is 12.6 Å². The van der Waals surface area contributed by atoms with Gasteiger partial charge in [0.15, 0.2) is 0 Å². The van der Waals surface area contributed by atoms with Gasteiger partial charge in [0.05, 0.1) is 0 Å². The molecule has 0 saturated carbocycles. The fraction of sp³-hybridized carbons (Fsp3) is 1.00. The second-order valence-electron chi connectivity index (χ2n) is 0.373. The molecule has 1 unspecified atom stereocenters. The molecule has 0 aromatic carbocycles. The summed E-state index contributed by atoms with van der Waals surface area (Å²) in [5.41, 5.74) is 0. The van der Waals surface area contributed by atoms with Gasteiger partial charge in [0.25, 0.3) is 0 Å². The van der Waals surface area contributed by atoms with E-state index in [2.05, 4.69) is 12.6 Å². The zero-order chi connectivity index (χ0) is 3.58. The third-order valence-corrected chi connectivity index (χ3v) is 0. The van der Waals surface area contributed by atoms with Crippen LogP contribution in [-0.4, -0.2) is 12.5 Å². The molecule has 0 saturated heterocycles. The van der Waals surface area contributed by atoms with E-state index in [9.17, 15) is 0 Å². The van der Waals surface area contributed by atoms with Crippen LogP contribution in [0.3, 0.4) is 0 Å². The van der Waals surface area contributed by atoms with Gasteiger partial charge in [0.1, 0.15) is 7.85 Å². The Kier molecular flexibility index (Phi) is 2.32. The third kappa shape index (κ3) is 15.8. The van der Waals surface area contributed by atoms with E-state index < -0.39 is 4.61 Å². The minimum absolute atomic E-state index is 0.500. The van der Waals surface area contributed by atoms with Crippen molar-refractivity contribution in [2.24, 2.45) is 0 Å². The Hall–Kier alpha value is 0.705. The largest absolute Gasteiger partial charge is 0.170 e. The smallest absolute Gasteiger partial charge is 0.106 e. The molecule has 0 aliphatic rings. The third-order valence-electron chi connectivity index (χ3n) is 0. The highest BCUT2D eigenvalue weighted by Crippen LogP contribution is 1.88. The minimum atomic E-state index is -0.500. The predicted molar refractivity (Wildman–Crippen MR) is 24.4 cm³/mol. The molecular weight excluding hydrogens is 90.3 g/mol. The Morgan fingerprint density at radius 3 is 2.00 bits per heavy atom. The van der Waals surface area contributed by atoms with E-state index in [0.29, 0.717) is 0 Å². The monoisotopic (exact) mass is 92.0 g/mol. The SMILES string of the molecule is [B]C(S)Cl. The van der Waals surface area contributed by atoms with Crippen molar-refractivity contribution < 1.29 is 0 Å². The normalized spacial score (nSPS) is 15.5. The summed E-state index contributed by atoms with van der Waals surface area (Å²) in [5.74, 6) is 0. The van der Waals surface area contributed by atoms with Gasteiger partial charge in [-0.25, -0.2) is 0 Å². The molecule has 0 rings (SSSR count). The maximum Gasteiger partial charge on any atom is 0.106 e. The van der Waals surface area contributed by atoms with E-state index in [1.165, 1.54) is 0 Å². The van der Waals surface area contributed by atoms with Crippen LogP contribution in [0, 0.1) is 0 Å². The van der Waals surface area contributed by atoms with Crippen LogP contribution in [0.25, 0.3) is 0 Å². The molecule has 0 aliphatic carbocycles. The van der Waals surface area contributed by atoms with Crippen LogP contribution in [-0.2, 0) is 0 Å². The van der Waals surface area contributed by atoms with Crippen molar-refractivity contribution in [2.75, 3.05) is 0 Å². The molecule has 0 heterocycles. The number of alkyl halides is 1. The van der Waals surface area contributed by atoms with Gasteiger partial charge in [0.2, 0.25) is 0 Å². The quantitative estimate of drug-likeness (QED) is 0.253. The van der Waals surface area contributed by atoms with Gasteiger partial charge in [-0.1, -0.05) is 0 Å². The topological polar surface area (TPSA) is 0 Å². The van der Waals surface area contributed by atoms with Gasteiger partial charge < -0.3 is 0 Å². The summed E-state index contributed by atoms with van der Waals surface area (Å²) in [5, 5.41) is 0. The molecule has 4 heavy (non-hydrogen) atoms. The average molecular weight is 92.4 g/mol. The van der Waals surface area contributed by atoms with Gasteiger partial charge in [-0.15, -0.1) is 11.6 Å². The summed E-state index contributed by atoms with van der Waals surface area (Å²) in [6.45, 7) is 0. The maximum atomic E-state index is 4.92. The summed E-state index contributed by atoms with van der Waals surface area (Å²) in [7, 11) is 4.74. The molecule has 0 N–H and O–H groups in total. The first-order valence-corrected chi connectivity index (χ1v) is 1.76. The molecule has 0 aliphatic heterocycles. The molecule has 0 spiro atoms. The van der Waals surface area contributed by atoms with Crippen LogP contribution in [0.15, 0.2) is 0 Å². The van der Waals surface area contributed by atoms with Crippen molar-refractivity contribution in [2.45, 2.75) is 4.61 Å². The van der Waals surface area contributed by atoms with Crippen LogP contribution >= 0.6 is 24.2 Å². The molecule has 0 fully saturated rings. The molecule has 0 aromatic rings. The lowest BCUT2D eigenvalue weighted by Gasteiger charge is -1.75. The number of thiol groups is 1. The summed E-state index contributed by atoms with van der Waals surface area (Å²) in [6.07, 6.45) is 0. The van der Waals surface area contributed by atoms with E-state index in [1.807, 2.05) is 0 Å². The lowest BCUT2D eigenvalue weighted by atomic mass is 10.2. The highest BCUT2D eigenvalue weighted by molar-refractivity contribution is 7.83. The van der Waals surface area contributed by atoms with Crippen LogP contribution in [0.2, 0.25) is 0 Å². The standard InChI is InChI=1S/CH2BClS/c2-1(3)4/h1,4H. The number of hydrogen-bond acceptors (Lipinski definition) is 1.